The van der Waals surface area contributed by atoms with Crippen LogP contribution in [0, 0.1) is 5.92 Å². The maximum atomic E-state index is 12.3. The zero-order valence-corrected chi connectivity index (χ0v) is 12.7. The van der Waals surface area contributed by atoms with Gasteiger partial charge in [0.05, 0.1) is 5.56 Å². The van der Waals surface area contributed by atoms with E-state index in [4.69, 9.17) is 5.73 Å². The topological polar surface area (TPSA) is 46.3 Å². The number of benzene rings is 1. The largest absolute Gasteiger partial charge is 0.338 e. The van der Waals surface area contributed by atoms with Gasteiger partial charge in [-0.25, -0.2) is 0 Å². The first-order valence-electron chi connectivity index (χ1n) is 5.89. The van der Waals surface area contributed by atoms with Gasteiger partial charge in [0.25, 0.3) is 5.91 Å². The molecule has 0 bridgehead atoms. The van der Waals surface area contributed by atoms with Crippen LogP contribution in [0.25, 0.3) is 0 Å². The summed E-state index contributed by atoms with van der Waals surface area (Å²) in [6.07, 6.45) is 1.01. The highest BCUT2D eigenvalue weighted by Crippen LogP contribution is 2.23. The molecule has 3 nitrogen and oxygen atoms in total. The maximum Gasteiger partial charge on any atom is 0.255 e. The molecule has 1 aromatic carbocycles. The molecule has 2 N–H and O–H groups in total. The SMILES string of the molecule is CC(N)C1CCN(C(=O)c2ccccc2Br)C1.Cl. The molecule has 1 aromatic rings. The molecule has 0 aromatic heterocycles. The van der Waals surface area contributed by atoms with Gasteiger partial charge < -0.3 is 10.6 Å². The zero-order chi connectivity index (χ0) is 12.4. The predicted octanol–water partition coefficient (Wildman–Crippen LogP) is 2.68. The Bertz CT molecular complexity index is 425. The van der Waals surface area contributed by atoms with Gasteiger partial charge in [0.2, 0.25) is 0 Å². The predicted molar refractivity (Wildman–Crippen MR) is 79.0 cm³/mol. The summed E-state index contributed by atoms with van der Waals surface area (Å²) < 4.78 is 0.856. The van der Waals surface area contributed by atoms with E-state index in [9.17, 15) is 4.79 Å². The summed E-state index contributed by atoms with van der Waals surface area (Å²) in [5.74, 6) is 0.530. The smallest absolute Gasteiger partial charge is 0.255 e. The molecule has 1 amide bonds. The molecule has 2 atom stereocenters. The van der Waals surface area contributed by atoms with Crippen LogP contribution in [0.3, 0.4) is 0 Å². The van der Waals surface area contributed by atoms with Crippen molar-refractivity contribution in [2.45, 2.75) is 19.4 Å². The Morgan fingerprint density at radius 3 is 2.72 bits per heavy atom. The quantitative estimate of drug-likeness (QED) is 0.904. The third-order valence-corrected chi connectivity index (χ3v) is 4.05. The van der Waals surface area contributed by atoms with Gasteiger partial charge in [0.15, 0.2) is 0 Å². The summed E-state index contributed by atoms with van der Waals surface area (Å²) in [5.41, 5.74) is 6.62. The Labute approximate surface area is 122 Å². The van der Waals surface area contributed by atoms with E-state index < -0.39 is 0 Å². The molecule has 0 aliphatic carbocycles. The molecule has 0 spiro atoms. The highest BCUT2D eigenvalue weighted by molar-refractivity contribution is 9.10. The van der Waals surface area contributed by atoms with Gasteiger partial charge in [-0.1, -0.05) is 12.1 Å². The second-order valence-electron chi connectivity index (χ2n) is 4.64. The molecular weight excluding hydrogens is 316 g/mol. The fourth-order valence-corrected chi connectivity index (χ4v) is 2.66. The molecule has 100 valence electrons. The molecule has 2 unspecified atom stereocenters. The fourth-order valence-electron chi connectivity index (χ4n) is 2.21. The van der Waals surface area contributed by atoms with E-state index in [1.54, 1.807) is 0 Å². The Morgan fingerprint density at radius 2 is 2.17 bits per heavy atom. The van der Waals surface area contributed by atoms with E-state index in [0.717, 1.165) is 29.5 Å². The molecule has 0 saturated carbocycles. The van der Waals surface area contributed by atoms with E-state index in [1.165, 1.54) is 0 Å². The number of carbonyl (C=O) groups excluding carboxylic acids is 1. The van der Waals surface area contributed by atoms with Crippen molar-refractivity contribution in [3.05, 3.63) is 34.3 Å². The van der Waals surface area contributed by atoms with E-state index in [-0.39, 0.29) is 24.4 Å². The number of amides is 1. The number of hydrogen-bond donors (Lipinski definition) is 1. The number of hydrogen-bond acceptors (Lipinski definition) is 2. The van der Waals surface area contributed by atoms with Crippen LogP contribution >= 0.6 is 28.3 Å². The number of rotatable bonds is 2. The molecule has 1 fully saturated rings. The van der Waals surface area contributed by atoms with Crippen molar-refractivity contribution in [3.8, 4) is 0 Å². The van der Waals surface area contributed by atoms with Crippen molar-refractivity contribution in [3.63, 3.8) is 0 Å². The van der Waals surface area contributed by atoms with Crippen molar-refractivity contribution in [1.29, 1.82) is 0 Å². The average molecular weight is 334 g/mol. The van der Waals surface area contributed by atoms with Crippen LogP contribution in [-0.4, -0.2) is 29.9 Å². The van der Waals surface area contributed by atoms with Gasteiger partial charge >= 0.3 is 0 Å². The Hall–Kier alpha value is -0.580. The van der Waals surface area contributed by atoms with Gasteiger partial charge in [-0.2, -0.15) is 0 Å². The average Bonchev–Trinajstić information content (AvgIpc) is 2.78. The van der Waals surface area contributed by atoms with Crippen molar-refractivity contribution in [1.82, 2.24) is 4.90 Å². The van der Waals surface area contributed by atoms with Crippen LogP contribution < -0.4 is 5.73 Å². The molecule has 1 saturated heterocycles. The molecule has 18 heavy (non-hydrogen) atoms. The van der Waals surface area contributed by atoms with Crippen LogP contribution in [0.4, 0.5) is 0 Å². The van der Waals surface area contributed by atoms with Crippen molar-refractivity contribution in [2.75, 3.05) is 13.1 Å². The molecule has 2 rings (SSSR count). The van der Waals surface area contributed by atoms with Gasteiger partial charge in [-0.05, 0) is 47.3 Å². The lowest BCUT2D eigenvalue weighted by atomic mass is 10.0. The third-order valence-electron chi connectivity index (χ3n) is 3.36. The standard InChI is InChI=1S/C13H17BrN2O.ClH/c1-9(15)10-6-7-16(8-10)13(17)11-4-2-3-5-12(11)14;/h2-5,9-10H,6-8,15H2,1H3;1H. The molecule has 0 radical (unpaired) electrons. The summed E-state index contributed by atoms with van der Waals surface area (Å²) >= 11 is 3.42. The zero-order valence-electron chi connectivity index (χ0n) is 10.3. The molecule has 1 aliphatic rings. The molecule has 1 heterocycles. The number of carbonyl (C=O) groups is 1. The lowest BCUT2D eigenvalue weighted by Crippen LogP contribution is -2.33. The summed E-state index contributed by atoms with van der Waals surface area (Å²) in [7, 11) is 0. The van der Waals surface area contributed by atoms with Crippen molar-refractivity contribution < 1.29 is 4.79 Å². The van der Waals surface area contributed by atoms with Crippen LogP contribution in [0.15, 0.2) is 28.7 Å². The summed E-state index contributed by atoms with van der Waals surface area (Å²) in [5, 5.41) is 0. The van der Waals surface area contributed by atoms with Crippen LogP contribution in [0.5, 0.6) is 0 Å². The van der Waals surface area contributed by atoms with Gasteiger partial charge in [0, 0.05) is 23.6 Å². The van der Waals surface area contributed by atoms with E-state index in [1.807, 2.05) is 36.1 Å². The normalized spacial score (nSPS) is 20.4. The Kier molecular flexibility index (Phi) is 5.63. The van der Waals surface area contributed by atoms with Crippen LogP contribution in [0.2, 0.25) is 0 Å². The van der Waals surface area contributed by atoms with Crippen LogP contribution in [-0.2, 0) is 0 Å². The first-order valence-corrected chi connectivity index (χ1v) is 6.68. The second-order valence-corrected chi connectivity index (χ2v) is 5.49. The number of nitrogens with two attached hydrogens (primary N) is 1. The second kappa shape index (κ2) is 6.55. The lowest BCUT2D eigenvalue weighted by Gasteiger charge is -2.18. The summed E-state index contributed by atoms with van der Waals surface area (Å²) in [6.45, 7) is 3.60. The molecule has 5 heteroatoms. The Balaban J connectivity index is 0.00000162. The van der Waals surface area contributed by atoms with Gasteiger partial charge in [-0.15, -0.1) is 12.4 Å². The van der Waals surface area contributed by atoms with E-state index in [0.29, 0.717) is 5.92 Å². The molecular formula is C13H18BrClN2O. The van der Waals surface area contributed by atoms with Gasteiger partial charge in [0.1, 0.15) is 0 Å². The lowest BCUT2D eigenvalue weighted by molar-refractivity contribution is 0.0785. The van der Waals surface area contributed by atoms with Crippen molar-refractivity contribution in [2.24, 2.45) is 11.7 Å². The van der Waals surface area contributed by atoms with E-state index in [2.05, 4.69) is 15.9 Å². The fraction of sp³-hybridized carbons (Fsp3) is 0.462. The maximum absolute atomic E-state index is 12.3. The first-order chi connectivity index (χ1) is 8.09. The van der Waals surface area contributed by atoms with E-state index >= 15 is 0 Å². The summed E-state index contributed by atoms with van der Waals surface area (Å²) in [6, 6.07) is 7.71. The minimum atomic E-state index is 0. The third kappa shape index (κ3) is 3.25. The monoisotopic (exact) mass is 332 g/mol. The first kappa shape index (κ1) is 15.5. The number of halogens is 2. The van der Waals surface area contributed by atoms with Gasteiger partial charge in [-0.3, -0.25) is 4.79 Å². The van der Waals surface area contributed by atoms with Crippen LogP contribution in [0.1, 0.15) is 23.7 Å². The number of nitrogens with zero attached hydrogens (tertiary/aromatic N) is 1. The number of likely N-dealkylation sites (tertiary alicyclic amines) is 1. The minimum Gasteiger partial charge on any atom is -0.338 e. The summed E-state index contributed by atoms with van der Waals surface area (Å²) in [4.78, 5) is 14.2. The highest BCUT2D eigenvalue weighted by Gasteiger charge is 2.29. The van der Waals surface area contributed by atoms with Crippen molar-refractivity contribution >= 4 is 34.2 Å². The molecule has 1 aliphatic heterocycles. The highest BCUT2D eigenvalue weighted by atomic mass is 79.9. The minimum absolute atomic E-state index is 0. The Morgan fingerprint density at radius 1 is 1.50 bits per heavy atom.